The number of aliphatic carboxylic acids is 1. The molecule has 0 saturated carbocycles. The first-order valence-corrected chi connectivity index (χ1v) is 4.20. The lowest BCUT2D eigenvalue weighted by atomic mass is 10.1. The number of carbonyl (C=O) groups excluding carboxylic acids is 1. The van der Waals surface area contributed by atoms with Crippen LogP contribution in [-0.2, 0) is 4.79 Å². The predicted molar refractivity (Wildman–Crippen MR) is 50.2 cm³/mol. The molecule has 3 nitrogen and oxygen atoms in total. The van der Waals surface area contributed by atoms with Crippen molar-refractivity contribution in [2.24, 2.45) is 0 Å². The third-order valence-electron chi connectivity index (χ3n) is 1.53. The lowest BCUT2D eigenvalue weighted by Crippen LogP contribution is -2.21. The summed E-state index contributed by atoms with van der Waals surface area (Å²) in [4.78, 5) is 19.0. The molecule has 0 saturated heterocycles. The van der Waals surface area contributed by atoms with Crippen LogP contribution in [0.2, 0.25) is 0 Å². The number of carboxylic acid groups (broad SMARTS) is 1. The summed E-state index contributed by atoms with van der Waals surface area (Å²) >= 11 is 0. The van der Waals surface area contributed by atoms with Gasteiger partial charge in [0.05, 0.1) is 5.56 Å². The van der Waals surface area contributed by atoms with E-state index in [0.29, 0.717) is 6.29 Å². The molecule has 17 heavy (non-hydrogen) atoms. The molecule has 1 aromatic carbocycles. The van der Waals surface area contributed by atoms with Gasteiger partial charge in [-0.1, -0.05) is 6.07 Å². The van der Waals surface area contributed by atoms with Gasteiger partial charge in [0.1, 0.15) is 5.82 Å². The van der Waals surface area contributed by atoms with Crippen molar-refractivity contribution < 1.29 is 32.3 Å². The van der Waals surface area contributed by atoms with Crippen LogP contribution in [0.15, 0.2) is 18.2 Å². The second-order valence-electron chi connectivity index (χ2n) is 2.95. The molecule has 1 N–H and O–H groups in total. The largest absolute Gasteiger partial charge is 0.490 e. The van der Waals surface area contributed by atoms with E-state index < -0.39 is 18.0 Å². The first kappa shape index (κ1) is 15.1. The van der Waals surface area contributed by atoms with Crippen LogP contribution in [0.4, 0.5) is 17.6 Å². The third-order valence-corrected chi connectivity index (χ3v) is 1.53. The van der Waals surface area contributed by atoms with Crippen LogP contribution in [0.25, 0.3) is 0 Å². The van der Waals surface area contributed by atoms with E-state index in [2.05, 4.69) is 0 Å². The van der Waals surface area contributed by atoms with Crippen molar-refractivity contribution >= 4 is 12.3 Å². The number of hydrogen-bond donors (Lipinski definition) is 1. The lowest BCUT2D eigenvalue weighted by molar-refractivity contribution is -0.192. The summed E-state index contributed by atoms with van der Waals surface area (Å²) in [5.41, 5.74) is 0.939. The molecule has 0 aromatic heterocycles. The highest BCUT2D eigenvalue weighted by atomic mass is 19.4. The van der Waals surface area contributed by atoms with Gasteiger partial charge in [-0.2, -0.15) is 13.2 Å². The minimum atomic E-state index is -5.08. The van der Waals surface area contributed by atoms with E-state index in [1.165, 1.54) is 12.1 Å². The summed E-state index contributed by atoms with van der Waals surface area (Å²) in [6.07, 6.45) is -4.57. The van der Waals surface area contributed by atoms with Gasteiger partial charge in [0.2, 0.25) is 0 Å². The van der Waals surface area contributed by atoms with Crippen LogP contribution in [0.5, 0.6) is 0 Å². The van der Waals surface area contributed by atoms with E-state index in [9.17, 15) is 22.4 Å². The number of hydrogen-bond acceptors (Lipinski definition) is 2. The van der Waals surface area contributed by atoms with Crippen molar-refractivity contribution in [3.8, 4) is 0 Å². The van der Waals surface area contributed by atoms with E-state index in [4.69, 9.17) is 9.90 Å². The van der Waals surface area contributed by atoms with Gasteiger partial charge in [-0.05, 0) is 24.6 Å². The number of carbonyl (C=O) groups is 2. The first-order chi connectivity index (χ1) is 7.68. The molecule has 0 spiro atoms. The summed E-state index contributed by atoms with van der Waals surface area (Å²) in [6.45, 7) is 1.78. The number of rotatable bonds is 1. The Morgan fingerprint density at radius 2 is 1.82 bits per heavy atom. The quantitative estimate of drug-likeness (QED) is 0.617. The summed E-state index contributed by atoms with van der Waals surface area (Å²) in [5, 5.41) is 7.12. The molecule has 1 aromatic rings. The lowest BCUT2D eigenvalue weighted by Gasteiger charge is -1.94. The molecule has 0 aliphatic carbocycles. The molecule has 0 bridgehead atoms. The van der Waals surface area contributed by atoms with E-state index >= 15 is 0 Å². The van der Waals surface area contributed by atoms with Crippen molar-refractivity contribution in [3.63, 3.8) is 0 Å². The predicted octanol–water partition coefficient (Wildman–Crippen LogP) is 2.58. The van der Waals surface area contributed by atoms with Crippen LogP contribution in [0.1, 0.15) is 15.9 Å². The van der Waals surface area contributed by atoms with Gasteiger partial charge in [0, 0.05) is 0 Å². The van der Waals surface area contributed by atoms with Gasteiger partial charge in [-0.3, -0.25) is 4.79 Å². The molecule has 0 atom stereocenters. The molecule has 0 aliphatic rings. The minimum Gasteiger partial charge on any atom is -0.475 e. The molecule has 94 valence electrons. The fourth-order valence-electron chi connectivity index (χ4n) is 0.728. The Labute approximate surface area is 93.7 Å². The third kappa shape index (κ3) is 5.64. The number of halogens is 4. The van der Waals surface area contributed by atoms with Gasteiger partial charge < -0.3 is 5.11 Å². The Morgan fingerprint density at radius 1 is 1.35 bits per heavy atom. The molecule has 0 radical (unpaired) electrons. The maximum Gasteiger partial charge on any atom is 0.490 e. The standard InChI is InChI=1S/C8H7FO.C2HF3O2/c1-6-2-3-7(5-10)8(9)4-6;3-2(4,5)1(6)7/h2-5H,1H3;(H,6,7). The number of carboxylic acids is 1. The van der Waals surface area contributed by atoms with Gasteiger partial charge in [-0.15, -0.1) is 0 Å². The summed E-state index contributed by atoms with van der Waals surface area (Å²) in [5.74, 6) is -3.21. The zero-order valence-corrected chi connectivity index (χ0v) is 8.58. The second-order valence-corrected chi connectivity index (χ2v) is 2.95. The maximum atomic E-state index is 12.6. The summed E-state index contributed by atoms with van der Waals surface area (Å²) in [6, 6.07) is 4.51. The molecule has 0 heterocycles. The summed E-state index contributed by atoms with van der Waals surface area (Å²) in [7, 11) is 0. The monoisotopic (exact) mass is 252 g/mol. The Balaban J connectivity index is 0.000000325. The average Bonchev–Trinajstić information content (AvgIpc) is 2.17. The Kier molecular flexibility index (Phi) is 5.30. The minimum absolute atomic E-state index is 0.116. The summed E-state index contributed by atoms with van der Waals surface area (Å²) < 4.78 is 44.4. The zero-order chi connectivity index (χ0) is 13.6. The maximum absolute atomic E-state index is 12.6. The van der Waals surface area contributed by atoms with Crippen molar-refractivity contribution in [2.45, 2.75) is 13.1 Å². The van der Waals surface area contributed by atoms with Crippen molar-refractivity contribution in [1.82, 2.24) is 0 Å². The molecule has 0 unspecified atom stereocenters. The van der Waals surface area contributed by atoms with E-state index in [0.717, 1.165) is 5.56 Å². The molecule has 0 amide bonds. The average molecular weight is 252 g/mol. The zero-order valence-electron chi connectivity index (χ0n) is 8.58. The van der Waals surface area contributed by atoms with E-state index in [1.807, 2.05) is 0 Å². The number of aldehydes is 1. The van der Waals surface area contributed by atoms with E-state index in [-0.39, 0.29) is 5.56 Å². The van der Waals surface area contributed by atoms with Crippen LogP contribution in [0, 0.1) is 12.7 Å². The first-order valence-electron chi connectivity index (χ1n) is 4.20. The smallest absolute Gasteiger partial charge is 0.475 e. The number of benzene rings is 1. The Hall–Kier alpha value is -1.92. The Bertz CT molecular complexity index is 413. The van der Waals surface area contributed by atoms with Crippen LogP contribution >= 0.6 is 0 Å². The molecule has 7 heteroatoms. The molecular weight excluding hydrogens is 244 g/mol. The van der Waals surface area contributed by atoms with Crippen LogP contribution in [0.3, 0.4) is 0 Å². The molecule has 0 fully saturated rings. The van der Waals surface area contributed by atoms with Crippen molar-refractivity contribution in [3.05, 3.63) is 35.1 Å². The van der Waals surface area contributed by atoms with Crippen molar-refractivity contribution in [2.75, 3.05) is 0 Å². The van der Waals surface area contributed by atoms with Crippen molar-refractivity contribution in [1.29, 1.82) is 0 Å². The van der Waals surface area contributed by atoms with Gasteiger partial charge >= 0.3 is 12.1 Å². The van der Waals surface area contributed by atoms with Crippen LogP contribution in [-0.4, -0.2) is 23.5 Å². The molecular formula is C10H8F4O3. The molecule has 0 aliphatic heterocycles. The normalized spacial score (nSPS) is 10.2. The topological polar surface area (TPSA) is 54.4 Å². The van der Waals surface area contributed by atoms with Gasteiger partial charge in [0.25, 0.3) is 0 Å². The van der Waals surface area contributed by atoms with Crippen LogP contribution < -0.4 is 0 Å². The highest BCUT2D eigenvalue weighted by Gasteiger charge is 2.38. The fourth-order valence-corrected chi connectivity index (χ4v) is 0.728. The number of alkyl halides is 3. The highest BCUT2D eigenvalue weighted by Crippen LogP contribution is 2.13. The highest BCUT2D eigenvalue weighted by molar-refractivity contribution is 5.75. The molecule has 1 rings (SSSR count). The SMILES string of the molecule is Cc1ccc(C=O)c(F)c1.O=C(O)C(F)(F)F. The van der Waals surface area contributed by atoms with Gasteiger partial charge in [-0.25, -0.2) is 9.18 Å². The fraction of sp³-hybridized carbons (Fsp3) is 0.200. The van der Waals surface area contributed by atoms with E-state index in [1.54, 1.807) is 13.0 Å². The van der Waals surface area contributed by atoms with Gasteiger partial charge in [0.15, 0.2) is 6.29 Å². The number of aryl methyl sites for hydroxylation is 1. The Morgan fingerprint density at radius 3 is 2.12 bits per heavy atom. The second kappa shape index (κ2) is 5.97.